The highest BCUT2D eigenvalue weighted by Gasteiger charge is 2.18. The van der Waals surface area contributed by atoms with E-state index in [2.05, 4.69) is 21.2 Å². The maximum atomic E-state index is 13.9. The van der Waals surface area contributed by atoms with Crippen molar-refractivity contribution in [3.8, 4) is 0 Å². The first-order chi connectivity index (χ1) is 9.51. The molecule has 0 aliphatic heterocycles. The van der Waals surface area contributed by atoms with Crippen molar-refractivity contribution < 1.29 is 13.2 Å². The Morgan fingerprint density at radius 3 is 2.40 bits per heavy atom. The Morgan fingerprint density at radius 2 is 1.80 bits per heavy atom. The zero-order valence-electron chi connectivity index (χ0n) is 10.8. The van der Waals surface area contributed by atoms with Crippen molar-refractivity contribution in [2.24, 2.45) is 0 Å². The second-order valence-corrected chi connectivity index (χ2v) is 5.27. The van der Waals surface area contributed by atoms with E-state index in [-0.39, 0.29) is 5.56 Å². The minimum absolute atomic E-state index is 0.283. The maximum Gasteiger partial charge on any atom is 0.131 e. The summed E-state index contributed by atoms with van der Waals surface area (Å²) in [6, 6.07) is 7.22. The molecule has 0 saturated heterocycles. The van der Waals surface area contributed by atoms with Crippen LogP contribution in [0.2, 0.25) is 0 Å². The predicted molar refractivity (Wildman–Crippen MR) is 76.0 cm³/mol. The number of rotatable bonds is 4. The first kappa shape index (κ1) is 15.1. The van der Waals surface area contributed by atoms with E-state index in [1.165, 1.54) is 24.3 Å². The second kappa shape index (κ2) is 6.41. The van der Waals surface area contributed by atoms with E-state index >= 15 is 0 Å². The molecule has 0 spiro atoms. The van der Waals surface area contributed by atoms with Gasteiger partial charge in [-0.1, -0.05) is 28.9 Å². The van der Waals surface area contributed by atoms with Gasteiger partial charge in [-0.2, -0.15) is 0 Å². The van der Waals surface area contributed by atoms with Crippen LogP contribution in [0, 0.1) is 17.5 Å². The van der Waals surface area contributed by atoms with Crippen molar-refractivity contribution in [2.45, 2.75) is 13.0 Å². The summed E-state index contributed by atoms with van der Waals surface area (Å²) in [5.74, 6) is -1.71. The Bertz CT molecular complexity index is 596. The third-order valence-corrected chi connectivity index (χ3v) is 3.36. The summed E-state index contributed by atoms with van der Waals surface area (Å²) in [6.45, 7) is 2.43. The fourth-order valence-corrected chi connectivity index (χ4v) is 2.57. The highest BCUT2D eigenvalue weighted by atomic mass is 79.9. The number of hydrogen-bond acceptors (Lipinski definition) is 1. The van der Waals surface area contributed by atoms with Gasteiger partial charge in [0, 0.05) is 16.1 Å². The summed E-state index contributed by atoms with van der Waals surface area (Å²) < 4.78 is 41.0. The molecule has 0 aromatic heterocycles. The zero-order chi connectivity index (χ0) is 14.7. The Balaban J connectivity index is 2.49. The average Bonchev–Trinajstić information content (AvgIpc) is 2.35. The van der Waals surface area contributed by atoms with Gasteiger partial charge < -0.3 is 5.32 Å². The topological polar surface area (TPSA) is 12.0 Å². The molecule has 1 unspecified atom stereocenters. The average molecular weight is 344 g/mol. The van der Waals surface area contributed by atoms with Crippen molar-refractivity contribution in [1.82, 2.24) is 5.32 Å². The molecule has 1 atom stereocenters. The van der Waals surface area contributed by atoms with Crippen LogP contribution in [0.15, 0.2) is 40.9 Å². The van der Waals surface area contributed by atoms with Crippen LogP contribution >= 0.6 is 15.9 Å². The van der Waals surface area contributed by atoms with E-state index in [1.54, 1.807) is 6.07 Å². The Labute approximate surface area is 123 Å². The number of nitrogens with one attached hydrogen (secondary N) is 1. The molecule has 0 radical (unpaired) electrons. The SMILES string of the molecule is CCNC(c1cc(F)cc(Br)c1)c1ccc(F)cc1F. The van der Waals surface area contributed by atoms with Crippen molar-refractivity contribution in [3.63, 3.8) is 0 Å². The van der Waals surface area contributed by atoms with Gasteiger partial charge in [-0.3, -0.25) is 0 Å². The van der Waals surface area contributed by atoms with E-state index < -0.39 is 23.5 Å². The summed E-state index contributed by atoms with van der Waals surface area (Å²) in [4.78, 5) is 0. The third kappa shape index (κ3) is 3.41. The molecule has 2 rings (SSSR count). The fraction of sp³-hybridized carbons (Fsp3) is 0.200. The summed E-state index contributed by atoms with van der Waals surface area (Å²) in [6.07, 6.45) is 0. The molecule has 1 nitrogen and oxygen atoms in total. The van der Waals surface area contributed by atoms with Gasteiger partial charge in [-0.25, -0.2) is 13.2 Å². The molecule has 20 heavy (non-hydrogen) atoms. The molecule has 0 fully saturated rings. The third-order valence-electron chi connectivity index (χ3n) is 2.90. The lowest BCUT2D eigenvalue weighted by molar-refractivity contribution is 0.538. The van der Waals surface area contributed by atoms with Gasteiger partial charge >= 0.3 is 0 Å². The van der Waals surface area contributed by atoms with Crippen LogP contribution in [0.5, 0.6) is 0 Å². The molecule has 0 bridgehead atoms. The lowest BCUT2D eigenvalue weighted by atomic mass is 9.98. The zero-order valence-corrected chi connectivity index (χ0v) is 12.3. The fourth-order valence-electron chi connectivity index (χ4n) is 2.09. The van der Waals surface area contributed by atoms with Gasteiger partial charge in [-0.05, 0) is 36.4 Å². The molecule has 0 aliphatic rings. The maximum absolute atomic E-state index is 13.9. The van der Waals surface area contributed by atoms with Crippen LogP contribution in [0.4, 0.5) is 13.2 Å². The van der Waals surface area contributed by atoms with Gasteiger partial charge in [0.1, 0.15) is 17.5 Å². The summed E-state index contributed by atoms with van der Waals surface area (Å²) in [5, 5.41) is 3.08. The molecule has 0 saturated carbocycles. The molecule has 5 heteroatoms. The molecule has 2 aromatic rings. The molecule has 1 N–H and O–H groups in total. The van der Waals surface area contributed by atoms with Gasteiger partial charge in [0.15, 0.2) is 0 Å². The smallest absolute Gasteiger partial charge is 0.131 e. The molecule has 0 aliphatic carbocycles. The molecule has 106 valence electrons. The van der Waals surface area contributed by atoms with Crippen LogP contribution in [-0.4, -0.2) is 6.54 Å². The molecular formula is C15H13BrF3N. The largest absolute Gasteiger partial charge is 0.306 e. The predicted octanol–water partition coefficient (Wildman–Crippen LogP) is 4.57. The number of benzene rings is 2. The standard InChI is InChI=1S/C15H13BrF3N/c1-2-20-15(9-5-10(16)7-12(18)6-9)13-4-3-11(17)8-14(13)19/h3-8,15,20H,2H2,1H3. The summed E-state index contributed by atoms with van der Waals surface area (Å²) in [5.41, 5.74) is 0.856. The van der Waals surface area contributed by atoms with E-state index in [0.29, 0.717) is 16.6 Å². The molecule has 2 aromatic carbocycles. The molecular weight excluding hydrogens is 331 g/mol. The first-order valence-corrected chi connectivity index (χ1v) is 6.95. The van der Waals surface area contributed by atoms with Crippen LogP contribution in [-0.2, 0) is 0 Å². The molecule has 0 amide bonds. The monoisotopic (exact) mass is 343 g/mol. The van der Waals surface area contributed by atoms with E-state index in [4.69, 9.17) is 0 Å². The minimum atomic E-state index is -0.656. The van der Waals surface area contributed by atoms with Crippen molar-refractivity contribution in [2.75, 3.05) is 6.54 Å². The van der Waals surface area contributed by atoms with Crippen LogP contribution in [0.25, 0.3) is 0 Å². The van der Waals surface area contributed by atoms with E-state index in [1.807, 2.05) is 6.92 Å². The normalized spacial score (nSPS) is 12.4. The Hall–Kier alpha value is -1.33. The van der Waals surface area contributed by atoms with Crippen LogP contribution in [0.3, 0.4) is 0 Å². The molecule has 0 heterocycles. The number of halogens is 4. The summed E-state index contributed by atoms with van der Waals surface area (Å²) in [7, 11) is 0. The quantitative estimate of drug-likeness (QED) is 0.857. The van der Waals surface area contributed by atoms with E-state index in [0.717, 1.165) is 6.07 Å². The lowest BCUT2D eigenvalue weighted by Gasteiger charge is -2.20. The number of hydrogen-bond donors (Lipinski definition) is 1. The lowest BCUT2D eigenvalue weighted by Crippen LogP contribution is -2.23. The van der Waals surface area contributed by atoms with Crippen molar-refractivity contribution in [1.29, 1.82) is 0 Å². The van der Waals surface area contributed by atoms with Gasteiger partial charge in [0.25, 0.3) is 0 Å². The van der Waals surface area contributed by atoms with Crippen LogP contribution < -0.4 is 5.32 Å². The Kier molecular flexibility index (Phi) is 4.83. The highest BCUT2D eigenvalue weighted by molar-refractivity contribution is 9.10. The van der Waals surface area contributed by atoms with Crippen molar-refractivity contribution in [3.05, 3.63) is 69.4 Å². The second-order valence-electron chi connectivity index (χ2n) is 4.36. The van der Waals surface area contributed by atoms with Crippen LogP contribution in [0.1, 0.15) is 24.1 Å². The van der Waals surface area contributed by atoms with Gasteiger partial charge in [0.2, 0.25) is 0 Å². The minimum Gasteiger partial charge on any atom is -0.306 e. The highest BCUT2D eigenvalue weighted by Crippen LogP contribution is 2.27. The van der Waals surface area contributed by atoms with Gasteiger partial charge in [-0.15, -0.1) is 0 Å². The Morgan fingerprint density at radius 1 is 1.05 bits per heavy atom. The summed E-state index contributed by atoms with van der Waals surface area (Å²) >= 11 is 3.21. The van der Waals surface area contributed by atoms with E-state index in [9.17, 15) is 13.2 Å². The first-order valence-electron chi connectivity index (χ1n) is 6.15. The van der Waals surface area contributed by atoms with Crippen molar-refractivity contribution >= 4 is 15.9 Å². The van der Waals surface area contributed by atoms with Gasteiger partial charge in [0.05, 0.1) is 6.04 Å².